The standard InChI is InChI=1S/C15H16N2O3/c1-15(2,3)20-14(19)17-9-11(13(18)8-16)10-6-4-5-7-12(10)17/h4-7,9,13,18H,1-3H3. The number of nitriles is 1. The Morgan fingerprint density at radius 2 is 2.05 bits per heavy atom. The van der Waals surface area contributed by atoms with Gasteiger partial charge in [-0.2, -0.15) is 5.26 Å². The number of carbonyl (C=O) groups is 1. The van der Waals surface area contributed by atoms with Crippen LogP contribution in [0.15, 0.2) is 30.5 Å². The highest BCUT2D eigenvalue weighted by atomic mass is 16.6. The first kappa shape index (κ1) is 14.1. The normalized spacial score (nSPS) is 12.9. The molecule has 1 heterocycles. The first-order valence-corrected chi connectivity index (χ1v) is 6.24. The average Bonchev–Trinajstić information content (AvgIpc) is 2.75. The second-order valence-corrected chi connectivity index (χ2v) is 5.48. The van der Waals surface area contributed by atoms with Crippen LogP contribution >= 0.6 is 0 Å². The molecule has 5 heteroatoms. The molecule has 0 spiro atoms. The first-order valence-electron chi connectivity index (χ1n) is 6.24. The number of nitrogens with zero attached hydrogens (tertiary/aromatic N) is 2. The van der Waals surface area contributed by atoms with Gasteiger partial charge >= 0.3 is 6.09 Å². The molecule has 0 fully saturated rings. The number of para-hydroxylation sites is 1. The van der Waals surface area contributed by atoms with Gasteiger partial charge in [-0.05, 0) is 26.8 Å². The second kappa shape index (κ2) is 4.99. The van der Waals surface area contributed by atoms with Crippen molar-refractivity contribution in [2.24, 2.45) is 0 Å². The number of ether oxygens (including phenoxy) is 1. The van der Waals surface area contributed by atoms with Gasteiger partial charge in [0.1, 0.15) is 5.60 Å². The summed E-state index contributed by atoms with van der Waals surface area (Å²) >= 11 is 0. The summed E-state index contributed by atoms with van der Waals surface area (Å²) in [6.45, 7) is 5.34. The number of benzene rings is 1. The Labute approximate surface area is 117 Å². The lowest BCUT2D eigenvalue weighted by Gasteiger charge is -2.19. The van der Waals surface area contributed by atoms with E-state index in [0.717, 1.165) is 0 Å². The van der Waals surface area contributed by atoms with Gasteiger partial charge in [0.2, 0.25) is 0 Å². The van der Waals surface area contributed by atoms with E-state index in [2.05, 4.69) is 0 Å². The number of aliphatic hydroxyl groups is 1. The Morgan fingerprint density at radius 3 is 2.65 bits per heavy atom. The SMILES string of the molecule is CC(C)(C)OC(=O)n1cc(C(O)C#N)c2ccccc21. The van der Waals surface area contributed by atoms with Crippen LogP contribution in [0.4, 0.5) is 4.79 Å². The highest BCUT2D eigenvalue weighted by Crippen LogP contribution is 2.27. The lowest BCUT2D eigenvalue weighted by Crippen LogP contribution is -2.26. The molecule has 1 aromatic heterocycles. The van der Waals surface area contributed by atoms with E-state index in [1.807, 2.05) is 0 Å². The van der Waals surface area contributed by atoms with E-state index in [4.69, 9.17) is 10.00 Å². The summed E-state index contributed by atoms with van der Waals surface area (Å²) in [7, 11) is 0. The number of carbonyl (C=O) groups excluding carboxylic acids is 1. The molecule has 2 rings (SSSR count). The van der Waals surface area contributed by atoms with Crippen LogP contribution in [-0.4, -0.2) is 21.4 Å². The highest BCUT2D eigenvalue weighted by Gasteiger charge is 2.22. The Kier molecular flexibility index (Phi) is 3.51. The van der Waals surface area contributed by atoms with Crippen molar-refractivity contribution < 1.29 is 14.6 Å². The van der Waals surface area contributed by atoms with Crippen molar-refractivity contribution in [3.8, 4) is 6.07 Å². The van der Waals surface area contributed by atoms with E-state index in [1.165, 1.54) is 10.8 Å². The number of fused-ring (bicyclic) bond motifs is 1. The largest absolute Gasteiger partial charge is 0.443 e. The van der Waals surface area contributed by atoms with Crippen LogP contribution < -0.4 is 0 Å². The molecular formula is C15H16N2O3. The van der Waals surface area contributed by atoms with Crippen LogP contribution in [0.2, 0.25) is 0 Å². The van der Waals surface area contributed by atoms with Crippen molar-refractivity contribution in [2.45, 2.75) is 32.5 Å². The number of hydrogen-bond acceptors (Lipinski definition) is 4. The molecule has 0 saturated carbocycles. The molecule has 2 aromatic rings. The molecule has 1 unspecified atom stereocenters. The summed E-state index contributed by atoms with van der Waals surface area (Å²) in [5, 5.41) is 19.2. The predicted molar refractivity (Wildman–Crippen MR) is 74.1 cm³/mol. The zero-order chi connectivity index (χ0) is 14.9. The Balaban J connectivity index is 2.55. The van der Waals surface area contributed by atoms with Gasteiger partial charge in [-0.15, -0.1) is 0 Å². The van der Waals surface area contributed by atoms with Crippen molar-refractivity contribution >= 4 is 17.0 Å². The fraction of sp³-hybridized carbons (Fsp3) is 0.333. The number of aliphatic hydroxyl groups excluding tert-OH is 1. The van der Waals surface area contributed by atoms with E-state index < -0.39 is 17.8 Å². The molecule has 5 nitrogen and oxygen atoms in total. The molecule has 104 valence electrons. The minimum Gasteiger partial charge on any atom is -0.443 e. The first-order chi connectivity index (χ1) is 9.33. The van der Waals surface area contributed by atoms with Crippen molar-refractivity contribution in [3.63, 3.8) is 0 Å². The topological polar surface area (TPSA) is 75.2 Å². The molecule has 0 aliphatic carbocycles. The Hall–Kier alpha value is -2.32. The van der Waals surface area contributed by atoms with Crippen molar-refractivity contribution in [1.82, 2.24) is 4.57 Å². The average molecular weight is 272 g/mol. The minimum atomic E-state index is -1.27. The molecule has 20 heavy (non-hydrogen) atoms. The summed E-state index contributed by atoms with van der Waals surface area (Å²) in [5.74, 6) is 0. The zero-order valence-electron chi connectivity index (χ0n) is 11.6. The van der Waals surface area contributed by atoms with Gasteiger partial charge in [0, 0.05) is 17.1 Å². The van der Waals surface area contributed by atoms with Gasteiger partial charge in [0.25, 0.3) is 0 Å². The minimum absolute atomic E-state index is 0.397. The molecule has 0 saturated heterocycles. The van der Waals surface area contributed by atoms with Gasteiger partial charge in [-0.1, -0.05) is 18.2 Å². The maximum Gasteiger partial charge on any atom is 0.419 e. The van der Waals surface area contributed by atoms with Crippen LogP contribution in [0.3, 0.4) is 0 Å². The monoisotopic (exact) mass is 272 g/mol. The maximum absolute atomic E-state index is 12.2. The van der Waals surface area contributed by atoms with Crippen LogP contribution in [0.5, 0.6) is 0 Å². The summed E-state index contributed by atoms with van der Waals surface area (Å²) in [4.78, 5) is 12.2. The van der Waals surface area contributed by atoms with Crippen LogP contribution in [0.1, 0.15) is 32.4 Å². The molecule has 0 aliphatic heterocycles. The highest BCUT2D eigenvalue weighted by molar-refractivity contribution is 5.92. The van der Waals surface area contributed by atoms with Crippen LogP contribution in [-0.2, 0) is 4.74 Å². The van der Waals surface area contributed by atoms with Crippen molar-refractivity contribution in [3.05, 3.63) is 36.0 Å². The smallest absolute Gasteiger partial charge is 0.419 e. The summed E-state index contributed by atoms with van der Waals surface area (Å²) in [5.41, 5.74) is 0.385. The lowest BCUT2D eigenvalue weighted by molar-refractivity contribution is 0.0544. The van der Waals surface area contributed by atoms with E-state index >= 15 is 0 Å². The van der Waals surface area contributed by atoms with E-state index in [0.29, 0.717) is 16.5 Å². The Morgan fingerprint density at radius 1 is 1.40 bits per heavy atom. The maximum atomic E-state index is 12.2. The molecule has 0 bridgehead atoms. The third-order valence-electron chi connectivity index (χ3n) is 2.75. The fourth-order valence-electron chi connectivity index (χ4n) is 1.96. The third-order valence-corrected chi connectivity index (χ3v) is 2.75. The quantitative estimate of drug-likeness (QED) is 0.810. The molecule has 1 aromatic carbocycles. The number of aromatic nitrogens is 1. The van der Waals surface area contributed by atoms with Gasteiger partial charge in [-0.3, -0.25) is 4.57 Å². The predicted octanol–water partition coefficient (Wildman–Crippen LogP) is 2.98. The van der Waals surface area contributed by atoms with E-state index in [-0.39, 0.29) is 0 Å². The van der Waals surface area contributed by atoms with E-state index in [9.17, 15) is 9.90 Å². The van der Waals surface area contributed by atoms with Gasteiger partial charge < -0.3 is 9.84 Å². The fourth-order valence-corrected chi connectivity index (χ4v) is 1.96. The number of hydrogen-bond donors (Lipinski definition) is 1. The van der Waals surface area contributed by atoms with Gasteiger partial charge in [0.05, 0.1) is 11.6 Å². The molecule has 0 radical (unpaired) electrons. The van der Waals surface area contributed by atoms with Crippen LogP contribution in [0.25, 0.3) is 10.9 Å². The summed E-state index contributed by atoms with van der Waals surface area (Å²) < 4.78 is 6.63. The van der Waals surface area contributed by atoms with Gasteiger partial charge in [-0.25, -0.2) is 4.79 Å². The summed E-state index contributed by atoms with van der Waals surface area (Å²) in [6.07, 6.45) is -0.360. The third kappa shape index (κ3) is 2.65. The Bertz CT molecular complexity index is 689. The molecule has 0 aliphatic rings. The van der Waals surface area contributed by atoms with Crippen molar-refractivity contribution in [2.75, 3.05) is 0 Å². The molecule has 0 amide bonds. The number of rotatable bonds is 1. The molecule has 1 atom stereocenters. The second-order valence-electron chi connectivity index (χ2n) is 5.48. The summed E-state index contributed by atoms with van der Waals surface area (Å²) in [6, 6.07) is 8.83. The van der Waals surface area contributed by atoms with Crippen LogP contribution in [0, 0.1) is 11.3 Å². The lowest BCUT2D eigenvalue weighted by atomic mass is 10.1. The van der Waals surface area contributed by atoms with Gasteiger partial charge in [0.15, 0.2) is 6.10 Å². The van der Waals surface area contributed by atoms with Crippen molar-refractivity contribution in [1.29, 1.82) is 5.26 Å². The molecule has 1 N–H and O–H groups in total. The molecular weight excluding hydrogens is 256 g/mol. The van der Waals surface area contributed by atoms with E-state index in [1.54, 1.807) is 51.1 Å². The zero-order valence-corrected chi connectivity index (χ0v) is 11.6.